The molecule has 0 radical (unpaired) electrons. The normalized spacial score (nSPS) is 28.9. The second kappa shape index (κ2) is 4.18. The van der Waals surface area contributed by atoms with E-state index in [1.165, 1.54) is 0 Å². The third-order valence-corrected chi connectivity index (χ3v) is 4.57. The maximum absolute atomic E-state index is 12.7. The van der Waals surface area contributed by atoms with Crippen LogP contribution in [-0.2, 0) is 9.84 Å². The lowest BCUT2D eigenvalue weighted by molar-refractivity contribution is -0.169. The molecule has 1 aliphatic heterocycles. The predicted octanol–water partition coefficient (Wildman–Crippen LogP) is 1.30. The minimum Gasteiger partial charge on any atom is -0.299 e. The Hall–Kier alpha value is -0.300. The van der Waals surface area contributed by atoms with E-state index < -0.39 is 27.2 Å². The minimum absolute atomic E-state index is 0.0271. The first-order valence-electron chi connectivity index (χ1n) is 5.03. The van der Waals surface area contributed by atoms with Crippen molar-refractivity contribution in [2.45, 2.75) is 31.3 Å². The first-order valence-corrected chi connectivity index (χ1v) is 6.98. The van der Waals surface area contributed by atoms with E-state index in [2.05, 4.69) is 0 Å². The molecule has 2 atom stereocenters. The summed E-state index contributed by atoms with van der Waals surface area (Å²) in [6.07, 6.45) is -3.57. The number of alkyl halides is 3. The molecule has 3 nitrogen and oxygen atoms in total. The van der Waals surface area contributed by atoms with Gasteiger partial charge >= 0.3 is 6.18 Å². The van der Waals surface area contributed by atoms with Crippen LogP contribution in [0.1, 0.15) is 13.8 Å². The molecule has 0 spiro atoms. The highest BCUT2D eigenvalue weighted by Gasteiger charge is 2.53. The summed E-state index contributed by atoms with van der Waals surface area (Å²) in [5.74, 6) is -1.76. The number of rotatable bonds is 2. The van der Waals surface area contributed by atoms with Crippen molar-refractivity contribution in [3.8, 4) is 0 Å². The van der Waals surface area contributed by atoms with Gasteiger partial charge in [0.05, 0.1) is 11.2 Å². The minimum atomic E-state index is -4.45. The number of nitrogens with zero attached hydrogens (tertiary/aromatic N) is 1. The van der Waals surface area contributed by atoms with Gasteiger partial charge in [0.25, 0.3) is 0 Å². The van der Waals surface area contributed by atoms with Crippen LogP contribution in [0.25, 0.3) is 0 Å². The number of hydrogen-bond donors (Lipinski definition) is 0. The summed E-state index contributed by atoms with van der Waals surface area (Å²) in [5.41, 5.74) is 0. The van der Waals surface area contributed by atoms with Crippen molar-refractivity contribution in [2.24, 2.45) is 5.92 Å². The molecule has 7 heteroatoms. The number of halogens is 3. The molecule has 0 aromatic carbocycles. The van der Waals surface area contributed by atoms with E-state index in [-0.39, 0.29) is 19.1 Å². The Labute approximate surface area is 93.5 Å². The Morgan fingerprint density at radius 1 is 1.25 bits per heavy atom. The van der Waals surface area contributed by atoms with Crippen molar-refractivity contribution in [2.75, 3.05) is 19.3 Å². The molecule has 0 saturated carbocycles. The van der Waals surface area contributed by atoms with E-state index in [1.54, 1.807) is 18.7 Å². The Balaban J connectivity index is 2.98. The van der Waals surface area contributed by atoms with E-state index in [9.17, 15) is 21.6 Å². The monoisotopic (exact) mass is 259 g/mol. The van der Waals surface area contributed by atoms with Gasteiger partial charge in [-0.1, -0.05) is 0 Å². The quantitative estimate of drug-likeness (QED) is 0.750. The van der Waals surface area contributed by atoms with Crippen molar-refractivity contribution in [1.82, 2.24) is 4.90 Å². The van der Waals surface area contributed by atoms with Gasteiger partial charge < -0.3 is 0 Å². The molecule has 1 heterocycles. The van der Waals surface area contributed by atoms with Gasteiger partial charge in [-0.2, -0.15) is 13.2 Å². The largest absolute Gasteiger partial charge is 0.394 e. The number of hydrogen-bond acceptors (Lipinski definition) is 3. The highest BCUT2D eigenvalue weighted by Crippen LogP contribution is 2.37. The highest BCUT2D eigenvalue weighted by atomic mass is 32.2. The van der Waals surface area contributed by atoms with Crippen LogP contribution in [-0.4, -0.2) is 50.1 Å². The average molecular weight is 259 g/mol. The molecule has 1 aliphatic rings. The molecule has 16 heavy (non-hydrogen) atoms. The fourth-order valence-corrected chi connectivity index (χ4v) is 3.27. The topological polar surface area (TPSA) is 37.4 Å². The third kappa shape index (κ3) is 2.88. The van der Waals surface area contributed by atoms with Crippen LogP contribution in [0, 0.1) is 5.92 Å². The van der Waals surface area contributed by atoms with Crippen molar-refractivity contribution in [1.29, 1.82) is 0 Å². The first-order chi connectivity index (χ1) is 7.03. The van der Waals surface area contributed by atoms with E-state index >= 15 is 0 Å². The predicted molar refractivity (Wildman–Crippen MR) is 54.9 cm³/mol. The van der Waals surface area contributed by atoms with Gasteiger partial charge in [0.1, 0.15) is 0 Å². The second-order valence-electron chi connectivity index (χ2n) is 4.56. The molecule has 1 rings (SSSR count). The van der Waals surface area contributed by atoms with Gasteiger partial charge in [0.15, 0.2) is 9.84 Å². The zero-order valence-corrected chi connectivity index (χ0v) is 10.3. The molecule has 0 amide bonds. The molecule has 0 aromatic rings. The SMILES string of the molecule is CC(C)N1C[C@H](C(F)(F)F)[C@@H](S(C)(=O)=O)C1. The first kappa shape index (κ1) is 13.8. The van der Waals surface area contributed by atoms with E-state index in [0.29, 0.717) is 0 Å². The van der Waals surface area contributed by atoms with Crippen LogP contribution >= 0.6 is 0 Å². The summed E-state index contributed by atoms with van der Waals surface area (Å²) < 4.78 is 60.7. The van der Waals surface area contributed by atoms with Gasteiger partial charge in [-0.3, -0.25) is 4.90 Å². The van der Waals surface area contributed by atoms with E-state index in [0.717, 1.165) is 6.26 Å². The van der Waals surface area contributed by atoms with E-state index in [4.69, 9.17) is 0 Å². The van der Waals surface area contributed by atoms with Gasteiger partial charge in [-0.15, -0.1) is 0 Å². The molecule has 0 N–H and O–H groups in total. The number of sulfone groups is 1. The summed E-state index contributed by atoms with van der Waals surface area (Å²) in [6.45, 7) is 3.27. The van der Waals surface area contributed by atoms with Crippen LogP contribution in [0.2, 0.25) is 0 Å². The summed E-state index contributed by atoms with van der Waals surface area (Å²) in [5, 5.41) is -1.32. The lowest BCUT2D eigenvalue weighted by Gasteiger charge is -2.20. The Morgan fingerprint density at radius 3 is 2.00 bits per heavy atom. The summed E-state index contributed by atoms with van der Waals surface area (Å²) in [7, 11) is -3.66. The highest BCUT2D eigenvalue weighted by molar-refractivity contribution is 7.91. The van der Waals surface area contributed by atoms with Crippen LogP contribution in [0.3, 0.4) is 0 Å². The van der Waals surface area contributed by atoms with Crippen molar-refractivity contribution < 1.29 is 21.6 Å². The van der Waals surface area contributed by atoms with Crippen LogP contribution in [0.15, 0.2) is 0 Å². The zero-order chi connectivity index (χ0) is 12.7. The van der Waals surface area contributed by atoms with Gasteiger partial charge in [-0.25, -0.2) is 8.42 Å². The van der Waals surface area contributed by atoms with Crippen LogP contribution in [0.4, 0.5) is 13.2 Å². The Kier molecular flexibility index (Phi) is 3.59. The van der Waals surface area contributed by atoms with Crippen molar-refractivity contribution >= 4 is 9.84 Å². The van der Waals surface area contributed by atoms with Gasteiger partial charge in [0.2, 0.25) is 0 Å². The zero-order valence-electron chi connectivity index (χ0n) is 9.45. The van der Waals surface area contributed by atoms with Gasteiger partial charge in [-0.05, 0) is 13.8 Å². The van der Waals surface area contributed by atoms with Crippen LogP contribution in [0.5, 0.6) is 0 Å². The lowest BCUT2D eigenvalue weighted by Crippen LogP contribution is -2.37. The molecule has 1 fully saturated rings. The van der Waals surface area contributed by atoms with Crippen LogP contribution < -0.4 is 0 Å². The summed E-state index contributed by atoms with van der Waals surface area (Å²) >= 11 is 0. The lowest BCUT2D eigenvalue weighted by atomic mass is 10.1. The Morgan fingerprint density at radius 2 is 1.75 bits per heavy atom. The fraction of sp³-hybridized carbons (Fsp3) is 1.00. The molecular weight excluding hydrogens is 243 g/mol. The maximum atomic E-state index is 12.7. The van der Waals surface area contributed by atoms with Gasteiger partial charge in [0, 0.05) is 25.4 Å². The molecule has 0 aromatic heterocycles. The average Bonchev–Trinajstić information content (AvgIpc) is 2.44. The molecular formula is C9H16F3NO2S. The third-order valence-electron chi connectivity index (χ3n) is 3.00. The second-order valence-corrected chi connectivity index (χ2v) is 6.83. The molecule has 96 valence electrons. The van der Waals surface area contributed by atoms with E-state index in [1.807, 2.05) is 0 Å². The number of likely N-dealkylation sites (tertiary alicyclic amines) is 1. The molecule has 0 aliphatic carbocycles. The molecule has 0 unspecified atom stereocenters. The standard InChI is InChI=1S/C9H16F3NO2S/c1-6(2)13-4-7(9(10,11)12)8(5-13)16(3,14)15/h6-8H,4-5H2,1-3H3/t7-,8-/m0/s1. The Bertz CT molecular complexity index is 350. The van der Waals surface area contributed by atoms with Crippen molar-refractivity contribution in [3.63, 3.8) is 0 Å². The van der Waals surface area contributed by atoms with Crippen molar-refractivity contribution in [3.05, 3.63) is 0 Å². The molecule has 0 bridgehead atoms. The summed E-state index contributed by atoms with van der Waals surface area (Å²) in [6, 6.07) is -0.0726. The summed E-state index contributed by atoms with van der Waals surface area (Å²) in [4.78, 5) is 1.56. The fourth-order valence-electron chi connectivity index (χ4n) is 1.97. The molecule has 1 saturated heterocycles. The maximum Gasteiger partial charge on any atom is 0.394 e. The smallest absolute Gasteiger partial charge is 0.299 e.